The molecule has 108 valence electrons. The summed E-state index contributed by atoms with van der Waals surface area (Å²) in [6.07, 6.45) is 0. The molecule has 2 nitrogen and oxygen atoms in total. The Morgan fingerprint density at radius 1 is 1.00 bits per heavy atom. The van der Waals surface area contributed by atoms with Crippen LogP contribution in [0.2, 0.25) is 0 Å². The van der Waals surface area contributed by atoms with Gasteiger partial charge in [-0.2, -0.15) is 0 Å². The standard InChI is InChI=1S/C14H20N2.C2H6.CH4/c1-12(2)15-8-10-16(11-9-15)14-6-4-13(3)5-7-14;1-2;/h4-7H,1,8-11H2,2-3H3;1-2H3;1H4. The highest BCUT2D eigenvalue weighted by atomic mass is 15.3. The highest BCUT2D eigenvalue weighted by Gasteiger charge is 2.16. The van der Waals surface area contributed by atoms with E-state index < -0.39 is 0 Å². The third-order valence-corrected chi connectivity index (χ3v) is 3.22. The summed E-state index contributed by atoms with van der Waals surface area (Å²) in [4.78, 5) is 4.80. The van der Waals surface area contributed by atoms with E-state index in [0.717, 1.165) is 26.2 Å². The zero-order chi connectivity index (χ0) is 13.5. The first-order valence-corrected chi connectivity index (χ1v) is 6.89. The van der Waals surface area contributed by atoms with Gasteiger partial charge in [0.05, 0.1) is 0 Å². The van der Waals surface area contributed by atoms with Gasteiger partial charge in [0.1, 0.15) is 0 Å². The zero-order valence-corrected chi connectivity index (χ0v) is 12.2. The maximum Gasteiger partial charge on any atom is 0.0367 e. The van der Waals surface area contributed by atoms with Crippen LogP contribution in [0.25, 0.3) is 0 Å². The van der Waals surface area contributed by atoms with Crippen LogP contribution in [0, 0.1) is 6.92 Å². The minimum absolute atomic E-state index is 0. The first-order chi connectivity index (χ1) is 8.66. The SMILES string of the molecule is C.C=C(C)N1CCN(c2ccc(C)cc2)CC1.CC. The molecular formula is C17H30N2. The molecule has 0 radical (unpaired) electrons. The van der Waals surface area contributed by atoms with Gasteiger partial charge < -0.3 is 9.80 Å². The number of aryl methyl sites for hydroxylation is 1. The lowest BCUT2D eigenvalue weighted by Crippen LogP contribution is -2.45. The van der Waals surface area contributed by atoms with Crippen molar-refractivity contribution in [2.45, 2.75) is 35.1 Å². The molecule has 0 unspecified atom stereocenters. The van der Waals surface area contributed by atoms with E-state index in [4.69, 9.17) is 0 Å². The fourth-order valence-corrected chi connectivity index (χ4v) is 2.10. The molecule has 2 heteroatoms. The lowest BCUT2D eigenvalue weighted by Gasteiger charge is -2.37. The molecule has 1 aliphatic rings. The molecule has 0 bridgehead atoms. The van der Waals surface area contributed by atoms with Crippen LogP contribution < -0.4 is 4.90 Å². The van der Waals surface area contributed by atoms with Crippen LogP contribution in [0.1, 0.15) is 33.8 Å². The largest absolute Gasteiger partial charge is 0.372 e. The summed E-state index contributed by atoms with van der Waals surface area (Å²) in [5.74, 6) is 0. The fraction of sp³-hybridized carbons (Fsp3) is 0.529. The van der Waals surface area contributed by atoms with Crippen molar-refractivity contribution >= 4 is 5.69 Å². The summed E-state index contributed by atoms with van der Waals surface area (Å²) in [5, 5.41) is 0. The van der Waals surface area contributed by atoms with Crippen LogP contribution in [0.3, 0.4) is 0 Å². The van der Waals surface area contributed by atoms with Crippen molar-refractivity contribution in [1.82, 2.24) is 4.90 Å². The lowest BCUT2D eigenvalue weighted by molar-refractivity contribution is 0.323. The second-order valence-corrected chi connectivity index (χ2v) is 4.54. The minimum atomic E-state index is 0. The highest BCUT2D eigenvalue weighted by Crippen LogP contribution is 2.18. The molecule has 1 aromatic rings. The van der Waals surface area contributed by atoms with E-state index in [-0.39, 0.29) is 7.43 Å². The summed E-state index contributed by atoms with van der Waals surface area (Å²) >= 11 is 0. The van der Waals surface area contributed by atoms with Gasteiger partial charge in [-0.15, -0.1) is 0 Å². The Bertz CT molecular complexity index is 359. The Hall–Kier alpha value is -1.44. The number of hydrogen-bond acceptors (Lipinski definition) is 2. The summed E-state index contributed by atoms with van der Waals surface area (Å²) < 4.78 is 0. The van der Waals surface area contributed by atoms with Gasteiger partial charge in [0.25, 0.3) is 0 Å². The smallest absolute Gasteiger partial charge is 0.0367 e. The van der Waals surface area contributed by atoms with Crippen molar-refractivity contribution in [3.05, 3.63) is 42.1 Å². The molecule has 0 aromatic heterocycles. The predicted molar refractivity (Wildman–Crippen MR) is 87.9 cm³/mol. The van der Waals surface area contributed by atoms with E-state index in [2.05, 4.69) is 54.5 Å². The van der Waals surface area contributed by atoms with E-state index in [1.165, 1.54) is 16.9 Å². The number of nitrogens with zero attached hydrogens (tertiary/aromatic N) is 2. The van der Waals surface area contributed by atoms with E-state index in [9.17, 15) is 0 Å². The molecule has 1 fully saturated rings. The predicted octanol–water partition coefficient (Wildman–Crippen LogP) is 4.31. The summed E-state index contributed by atoms with van der Waals surface area (Å²) in [6, 6.07) is 8.79. The quantitative estimate of drug-likeness (QED) is 0.783. The van der Waals surface area contributed by atoms with Crippen molar-refractivity contribution < 1.29 is 0 Å². The summed E-state index contributed by atoms with van der Waals surface area (Å²) in [7, 11) is 0. The van der Waals surface area contributed by atoms with Crippen molar-refractivity contribution in [2.75, 3.05) is 31.1 Å². The topological polar surface area (TPSA) is 6.48 Å². The number of piperazine rings is 1. The molecule has 0 aliphatic carbocycles. The fourth-order valence-electron chi connectivity index (χ4n) is 2.10. The van der Waals surface area contributed by atoms with Gasteiger partial charge in [-0.1, -0.05) is 45.5 Å². The second-order valence-electron chi connectivity index (χ2n) is 4.54. The molecule has 0 N–H and O–H groups in total. The van der Waals surface area contributed by atoms with E-state index in [1.807, 2.05) is 13.8 Å². The molecule has 0 atom stereocenters. The molecule has 1 saturated heterocycles. The Balaban J connectivity index is 0.00000103. The van der Waals surface area contributed by atoms with Crippen LogP contribution in [-0.4, -0.2) is 31.1 Å². The molecule has 2 rings (SSSR count). The molecule has 0 amide bonds. The third-order valence-electron chi connectivity index (χ3n) is 3.22. The summed E-state index contributed by atoms with van der Waals surface area (Å²) in [6.45, 7) is 16.6. The van der Waals surface area contributed by atoms with Gasteiger partial charge in [-0.3, -0.25) is 0 Å². The highest BCUT2D eigenvalue weighted by molar-refractivity contribution is 5.47. The van der Waals surface area contributed by atoms with E-state index in [1.54, 1.807) is 0 Å². The first kappa shape index (κ1) is 17.6. The molecule has 0 saturated carbocycles. The van der Waals surface area contributed by atoms with Gasteiger partial charge in [0, 0.05) is 37.6 Å². The number of rotatable bonds is 2. The maximum absolute atomic E-state index is 4.00. The average molecular weight is 262 g/mol. The molecule has 1 heterocycles. The van der Waals surface area contributed by atoms with Gasteiger partial charge in [0.15, 0.2) is 0 Å². The first-order valence-electron chi connectivity index (χ1n) is 6.89. The molecule has 1 aliphatic heterocycles. The maximum atomic E-state index is 4.00. The number of benzene rings is 1. The van der Waals surface area contributed by atoms with Crippen LogP contribution in [0.5, 0.6) is 0 Å². The van der Waals surface area contributed by atoms with Crippen molar-refractivity contribution in [3.63, 3.8) is 0 Å². The number of anilines is 1. The summed E-state index contributed by atoms with van der Waals surface area (Å²) in [5.41, 5.74) is 3.85. The number of hydrogen-bond donors (Lipinski definition) is 0. The normalized spacial score (nSPS) is 14.1. The molecule has 19 heavy (non-hydrogen) atoms. The Morgan fingerprint density at radius 3 is 1.89 bits per heavy atom. The zero-order valence-electron chi connectivity index (χ0n) is 12.2. The van der Waals surface area contributed by atoms with Crippen LogP contribution in [0.15, 0.2) is 36.5 Å². The molecule has 1 aromatic carbocycles. The molecule has 0 spiro atoms. The van der Waals surface area contributed by atoms with Crippen molar-refractivity contribution in [1.29, 1.82) is 0 Å². The molecular weight excluding hydrogens is 232 g/mol. The van der Waals surface area contributed by atoms with Crippen LogP contribution in [-0.2, 0) is 0 Å². The van der Waals surface area contributed by atoms with Gasteiger partial charge in [-0.25, -0.2) is 0 Å². The van der Waals surface area contributed by atoms with Crippen LogP contribution >= 0.6 is 0 Å². The monoisotopic (exact) mass is 262 g/mol. The third kappa shape index (κ3) is 4.98. The van der Waals surface area contributed by atoms with Gasteiger partial charge in [0.2, 0.25) is 0 Å². The number of allylic oxidation sites excluding steroid dienone is 1. The van der Waals surface area contributed by atoms with Gasteiger partial charge >= 0.3 is 0 Å². The van der Waals surface area contributed by atoms with Crippen LogP contribution in [0.4, 0.5) is 5.69 Å². The average Bonchev–Trinajstić information content (AvgIpc) is 2.42. The van der Waals surface area contributed by atoms with E-state index >= 15 is 0 Å². The van der Waals surface area contributed by atoms with E-state index in [0.29, 0.717) is 0 Å². The second kappa shape index (κ2) is 8.63. The van der Waals surface area contributed by atoms with Crippen molar-refractivity contribution in [2.24, 2.45) is 0 Å². The Kier molecular flexibility index (Phi) is 7.97. The minimum Gasteiger partial charge on any atom is -0.372 e. The lowest BCUT2D eigenvalue weighted by atomic mass is 10.2. The van der Waals surface area contributed by atoms with Gasteiger partial charge in [-0.05, 0) is 26.0 Å². The Morgan fingerprint density at radius 2 is 1.47 bits per heavy atom. The Labute approximate surface area is 119 Å². The van der Waals surface area contributed by atoms with Crippen molar-refractivity contribution in [3.8, 4) is 0 Å².